The minimum absolute atomic E-state index is 0.0794. The maximum atomic E-state index is 5.89. The zero-order valence-corrected chi connectivity index (χ0v) is 9.51. The fourth-order valence-electron chi connectivity index (χ4n) is 3.66. The zero-order valence-electron chi connectivity index (χ0n) is 9.51. The van der Waals surface area contributed by atoms with Crippen molar-refractivity contribution in [3.63, 3.8) is 0 Å². The van der Waals surface area contributed by atoms with Gasteiger partial charge in [0.05, 0.1) is 5.60 Å². The third-order valence-electron chi connectivity index (χ3n) is 4.25. The van der Waals surface area contributed by atoms with Gasteiger partial charge >= 0.3 is 0 Å². The zero-order chi connectivity index (χ0) is 10.2. The molecule has 1 aliphatic heterocycles. The van der Waals surface area contributed by atoms with Crippen LogP contribution in [0.2, 0.25) is 0 Å². The molecular weight excluding hydrogens is 174 g/mol. The Kier molecular flexibility index (Phi) is 2.61. The lowest BCUT2D eigenvalue weighted by atomic mass is 9.67. The minimum Gasteiger partial charge on any atom is -0.376 e. The summed E-state index contributed by atoms with van der Waals surface area (Å²) >= 11 is 0. The molecule has 0 amide bonds. The monoisotopic (exact) mass is 197 g/mol. The van der Waals surface area contributed by atoms with E-state index in [0.29, 0.717) is 5.41 Å². The maximum Gasteiger partial charge on any atom is 0.0631 e. The third-order valence-corrected chi connectivity index (χ3v) is 4.25. The summed E-state index contributed by atoms with van der Waals surface area (Å²) in [5, 5.41) is 0. The summed E-state index contributed by atoms with van der Waals surface area (Å²) in [7, 11) is 0. The van der Waals surface area contributed by atoms with Crippen LogP contribution in [0, 0.1) is 11.3 Å². The van der Waals surface area contributed by atoms with Gasteiger partial charge in [-0.05, 0) is 57.4 Å². The second-order valence-corrected chi connectivity index (χ2v) is 5.72. The molecule has 0 bridgehead atoms. The Balaban J connectivity index is 2.14. The molecule has 82 valence electrons. The van der Waals surface area contributed by atoms with Crippen molar-refractivity contribution in [3.05, 3.63) is 0 Å². The molecule has 1 saturated heterocycles. The third kappa shape index (κ3) is 1.70. The van der Waals surface area contributed by atoms with E-state index in [1.54, 1.807) is 0 Å². The molecule has 1 saturated carbocycles. The fourth-order valence-corrected chi connectivity index (χ4v) is 3.66. The summed E-state index contributed by atoms with van der Waals surface area (Å²) in [4.78, 5) is 0. The second kappa shape index (κ2) is 3.49. The molecule has 2 heteroatoms. The molecule has 2 rings (SSSR count). The van der Waals surface area contributed by atoms with Crippen LogP contribution in [-0.4, -0.2) is 18.8 Å². The van der Waals surface area contributed by atoms with Gasteiger partial charge in [0.25, 0.3) is 0 Å². The Hall–Kier alpha value is -0.0800. The molecular formula is C12H23NO. The first-order valence-corrected chi connectivity index (χ1v) is 5.92. The smallest absolute Gasteiger partial charge is 0.0631 e. The SMILES string of the molecule is CC1(C)CC2(CCCC2CN)CCO1. The van der Waals surface area contributed by atoms with Gasteiger partial charge in [-0.3, -0.25) is 0 Å². The van der Waals surface area contributed by atoms with E-state index in [4.69, 9.17) is 10.5 Å². The van der Waals surface area contributed by atoms with Gasteiger partial charge in [0.1, 0.15) is 0 Å². The Morgan fingerprint density at radius 3 is 2.79 bits per heavy atom. The lowest BCUT2D eigenvalue weighted by Crippen LogP contribution is -2.44. The number of ether oxygens (including phenoxy) is 1. The summed E-state index contributed by atoms with van der Waals surface area (Å²) in [6.07, 6.45) is 6.53. The van der Waals surface area contributed by atoms with Crippen LogP contribution in [0.15, 0.2) is 0 Å². The summed E-state index contributed by atoms with van der Waals surface area (Å²) in [6, 6.07) is 0. The standard InChI is InChI=1S/C12H23NO/c1-11(2)9-12(6-7-14-11)5-3-4-10(12)8-13/h10H,3-9,13H2,1-2H3. The van der Waals surface area contributed by atoms with Gasteiger partial charge in [-0.1, -0.05) is 6.42 Å². The Morgan fingerprint density at radius 1 is 1.36 bits per heavy atom. The second-order valence-electron chi connectivity index (χ2n) is 5.72. The van der Waals surface area contributed by atoms with Crippen molar-refractivity contribution in [2.24, 2.45) is 17.1 Å². The van der Waals surface area contributed by atoms with E-state index in [0.717, 1.165) is 19.1 Å². The Labute approximate surface area is 87.2 Å². The normalized spacial score (nSPS) is 41.8. The van der Waals surface area contributed by atoms with Crippen LogP contribution in [0.25, 0.3) is 0 Å². The molecule has 2 nitrogen and oxygen atoms in total. The highest BCUT2D eigenvalue weighted by molar-refractivity contribution is 4.98. The number of rotatable bonds is 1. The maximum absolute atomic E-state index is 5.89. The molecule has 1 aliphatic carbocycles. The van der Waals surface area contributed by atoms with Gasteiger partial charge in [-0.15, -0.1) is 0 Å². The lowest BCUT2D eigenvalue weighted by Gasteiger charge is -2.46. The van der Waals surface area contributed by atoms with Crippen LogP contribution in [0.3, 0.4) is 0 Å². The van der Waals surface area contributed by atoms with Gasteiger partial charge in [-0.2, -0.15) is 0 Å². The van der Waals surface area contributed by atoms with E-state index in [1.807, 2.05) is 0 Å². The number of hydrogen-bond acceptors (Lipinski definition) is 2. The van der Waals surface area contributed by atoms with Crippen molar-refractivity contribution in [2.45, 2.75) is 51.6 Å². The number of hydrogen-bond donors (Lipinski definition) is 1. The quantitative estimate of drug-likeness (QED) is 0.700. The molecule has 0 aromatic rings. The first kappa shape index (κ1) is 10.4. The van der Waals surface area contributed by atoms with E-state index in [9.17, 15) is 0 Å². The molecule has 0 radical (unpaired) electrons. The molecule has 2 N–H and O–H groups in total. The molecule has 14 heavy (non-hydrogen) atoms. The molecule has 2 unspecified atom stereocenters. The lowest BCUT2D eigenvalue weighted by molar-refractivity contribution is -0.115. The van der Waals surface area contributed by atoms with E-state index >= 15 is 0 Å². The van der Waals surface area contributed by atoms with Gasteiger partial charge in [0.2, 0.25) is 0 Å². The van der Waals surface area contributed by atoms with Crippen molar-refractivity contribution in [1.29, 1.82) is 0 Å². The Morgan fingerprint density at radius 2 is 2.14 bits per heavy atom. The summed E-state index contributed by atoms with van der Waals surface area (Å²) in [5.74, 6) is 0.755. The van der Waals surface area contributed by atoms with Crippen LogP contribution in [0.4, 0.5) is 0 Å². The van der Waals surface area contributed by atoms with Crippen LogP contribution in [0.1, 0.15) is 46.0 Å². The van der Waals surface area contributed by atoms with Crippen LogP contribution in [0.5, 0.6) is 0 Å². The van der Waals surface area contributed by atoms with Crippen LogP contribution >= 0.6 is 0 Å². The molecule has 1 spiro atoms. The van der Waals surface area contributed by atoms with Crippen molar-refractivity contribution < 1.29 is 4.74 Å². The highest BCUT2D eigenvalue weighted by Gasteiger charge is 2.47. The summed E-state index contributed by atoms with van der Waals surface area (Å²) in [6.45, 7) is 6.25. The fraction of sp³-hybridized carbons (Fsp3) is 1.00. The van der Waals surface area contributed by atoms with Crippen LogP contribution < -0.4 is 5.73 Å². The number of nitrogens with two attached hydrogens (primary N) is 1. The minimum atomic E-state index is 0.0794. The molecule has 0 aromatic carbocycles. The summed E-state index contributed by atoms with van der Waals surface area (Å²) in [5.41, 5.74) is 6.49. The van der Waals surface area contributed by atoms with Gasteiger partial charge in [0.15, 0.2) is 0 Å². The van der Waals surface area contributed by atoms with Gasteiger partial charge in [-0.25, -0.2) is 0 Å². The Bertz CT molecular complexity index is 214. The topological polar surface area (TPSA) is 35.2 Å². The molecule has 2 fully saturated rings. The van der Waals surface area contributed by atoms with Crippen molar-refractivity contribution in [1.82, 2.24) is 0 Å². The summed E-state index contributed by atoms with van der Waals surface area (Å²) < 4.78 is 5.80. The average molecular weight is 197 g/mol. The predicted molar refractivity (Wildman–Crippen MR) is 58.1 cm³/mol. The van der Waals surface area contributed by atoms with E-state index in [2.05, 4.69) is 13.8 Å². The van der Waals surface area contributed by atoms with Crippen molar-refractivity contribution in [3.8, 4) is 0 Å². The molecule has 0 aromatic heterocycles. The first-order chi connectivity index (χ1) is 6.58. The largest absolute Gasteiger partial charge is 0.376 e. The predicted octanol–water partition coefficient (Wildman–Crippen LogP) is 2.32. The van der Waals surface area contributed by atoms with Gasteiger partial charge < -0.3 is 10.5 Å². The van der Waals surface area contributed by atoms with E-state index in [1.165, 1.54) is 32.1 Å². The first-order valence-electron chi connectivity index (χ1n) is 5.92. The highest BCUT2D eigenvalue weighted by Crippen LogP contribution is 2.53. The van der Waals surface area contributed by atoms with Gasteiger partial charge in [0, 0.05) is 6.61 Å². The average Bonchev–Trinajstić information content (AvgIpc) is 2.45. The molecule has 1 heterocycles. The van der Waals surface area contributed by atoms with Crippen molar-refractivity contribution in [2.75, 3.05) is 13.2 Å². The van der Waals surface area contributed by atoms with Crippen molar-refractivity contribution >= 4 is 0 Å². The molecule has 2 atom stereocenters. The highest BCUT2D eigenvalue weighted by atomic mass is 16.5. The van der Waals surface area contributed by atoms with E-state index in [-0.39, 0.29) is 5.60 Å². The van der Waals surface area contributed by atoms with Crippen LogP contribution in [-0.2, 0) is 4.74 Å². The van der Waals surface area contributed by atoms with E-state index < -0.39 is 0 Å². The molecule has 2 aliphatic rings.